The Bertz CT molecular complexity index is 404. The number of phenolic OH excluding ortho intramolecular Hbond substituents is 1. The maximum atomic E-state index is 13.3. The number of benzene rings is 1. The van der Waals surface area contributed by atoms with E-state index in [4.69, 9.17) is 4.74 Å². The van der Waals surface area contributed by atoms with Gasteiger partial charge in [0.25, 0.3) is 0 Å². The number of hydrogen-bond acceptors (Lipinski definition) is 5. The van der Waals surface area contributed by atoms with Crippen LogP contribution in [0, 0.1) is 5.82 Å². The molecule has 1 aromatic rings. The number of hydrogen-bond donors (Lipinski definition) is 2. The Kier molecular flexibility index (Phi) is 3.68. The highest BCUT2D eigenvalue weighted by atomic mass is 19.1. The average molecular weight is 230 g/mol. The summed E-state index contributed by atoms with van der Waals surface area (Å²) in [7, 11) is 2.34. The molecule has 0 aliphatic heterocycles. The molecule has 2 N–H and O–H groups in total. The van der Waals surface area contributed by atoms with Crippen LogP contribution in [0.4, 0.5) is 4.39 Å². The normalized spacial score (nSPS) is 12.0. The molecule has 0 radical (unpaired) electrons. The van der Waals surface area contributed by atoms with Crippen molar-refractivity contribution in [1.82, 2.24) is 0 Å². The third-order valence-electron chi connectivity index (χ3n) is 2.02. The predicted molar refractivity (Wildman–Crippen MR) is 51.6 cm³/mol. The third-order valence-corrected chi connectivity index (χ3v) is 2.02. The molecule has 0 spiro atoms. The number of aromatic hydroxyl groups is 1. The highest BCUT2D eigenvalue weighted by molar-refractivity contribution is 5.76. The molecule has 16 heavy (non-hydrogen) atoms. The molecule has 1 atom stereocenters. The van der Waals surface area contributed by atoms with Crippen molar-refractivity contribution in [3.8, 4) is 11.5 Å². The summed E-state index contributed by atoms with van der Waals surface area (Å²) in [4.78, 5) is 11.0. The van der Waals surface area contributed by atoms with Crippen LogP contribution >= 0.6 is 0 Å². The first-order valence-corrected chi connectivity index (χ1v) is 4.33. The largest absolute Gasteiger partial charge is 0.504 e. The van der Waals surface area contributed by atoms with Gasteiger partial charge in [0.15, 0.2) is 17.6 Å². The first-order valence-electron chi connectivity index (χ1n) is 4.33. The number of carbonyl (C=O) groups excluding carboxylic acids is 1. The first-order chi connectivity index (χ1) is 7.51. The monoisotopic (exact) mass is 230 g/mol. The van der Waals surface area contributed by atoms with Crippen LogP contribution in [0.5, 0.6) is 11.5 Å². The summed E-state index contributed by atoms with van der Waals surface area (Å²) in [6, 6.07) is 1.78. The van der Waals surface area contributed by atoms with Crippen LogP contribution in [-0.2, 0) is 9.53 Å². The highest BCUT2D eigenvalue weighted by Crippen LogP contribution is 2.31. The summed E-state index contributed by atoms with van der Waals surface area (Å²) < 4.78 is 22.3. The summed E-state index contributed by atoms with van der Waals surface area (Å²) in [5.41, 5.74) is -0.318. The van der Waals surface area contributed by atoms with E-state index in [1.165, 1.54) is 7.11 Å². The van der Waals surface area contributed by atoms with Gasteiger partial charge < -0.3 is 19.7 Å². The molecule has 1 rings (SSSR count). The summed E-state index contributed by atoms with van der Waals surface area (Å²) >= 11 is 0. The molecule has 88 valence electrons. The number of aliphatic hydroxyl groups is 1. The van der Waals surface area contributed by atoms with Crippen LogP contribution in [0.1, 0.15) is 11.7 Å². The van der Waals surface area contributed by atoms with Gasteiger partial charge in [0.05, 0.1) is 14.2 Å². The zero-order valence-electron chi connectivity index (χ0n) is 8.73. The van der Waals surface area contributed by atoms with Crippen LogP contribution in [0.25, 0.3) is 0 Å². The van der Waals surface area contributed by atoms with Gasteiger partial charge in [0.2, 0.25) is 0 Å². The first kappa shape index (κ1) is 12.3. The minimum absolute atomic E-state index is 0.0423. The summed E-state index contributed by atoms with van der Waals surface area (Å²) in [5.74, 6) is -2.37. The van der Waals surface area contributed by atoms with Crippen molar-refractivity contribution in [3.05, 3.63) is 23.5 Å². The zero-order valence-corrected chi connectivity index (χ0v) is 8.73. The van der Waals surface area contributed by atoms with Crippen LogP contribution in [0.3, 0.4) is 0 Å². The van der Waals surface area contributed by atoms with E-state index in [1.54, 1.807) is 0 Å². The number of rotatable bonds is 3. The summed E-state index contributed by atoms with van der Waals surface area (Å²) in [6.45, 7) is 0. The summed E-state index contributed by atoms with van der Waals surface area (Å²) in [6.07, 6.45) is -1.75. The van der Waals surface area contributed by atoms with Crippen molar-refractivity contribution >= 4 is 5.97 Å². The van der Waals surface area contributed by atoms with Crippen molar-refractivity contribution in [2.45, 2.75) is 6.10 Å². The maximum Gasteiger partial charge on any atom is 0.339 e. The zero-order chi connectivity index (χ0) is 12.3. The van der Waals surface area contributed by atoms with Crippen LogP contribution in [0.2, 0.25) is 0 Å². The number of esters is 1. The highest BCUT2D eigenvalue weighted by Gasteiger charge is 2.23. The van der Waals surface area contributed by atoms with Gasteiger partial charge in [0.1, 0.15) is 5.82 Å². The van der Waals surface area contributed by atoms with E-state index >= 15 is 0 Å². The smallest absolute Gasteiger partial charge is 0.339 e. The van der Waals surface area contributed by atoms with E-state index in [2.05, 4.69) is 4.74 Å². The Morgan fingerprint density at radius 3 is 2.56 bits per heavy atom. The minimum Gasteiger partial charge on any atom is -0.504 e. The molecule has 0 heterocycles. The van der Waals surface area contributed by atoms with E-state index in [-0.39, 0.29) is 11.3 Å². The van der Waals surface area contributed by atoms with Crippen LogP contribution in [-0.4, -0.2) is 30.4 Å². The Balaban J connectivity index is 3.18. The fraction of sp³-hybridized carbons (Fsp3) is 0.300. The number of ether oxygens (including phenoxy) is 2. The second-order valence-corrected chi connectivity index (χ2v) is 2.97. The van der Waals surface area contributed by atoms with Crippen molar-refractivity contribution in [2.24, 2.45) is 0 Å². The molecule has 0 amide bonds. The molecule has 0 bridgehead atoms. The predicted octanol–water partition coefficient (Wildman–Crippen LogP) is 0.746. The average Bonchev–Trinajstić information content (AvgIpc) is 2.27. The lowest BCUT2D eigenvalue weighted by Gasteiger charge is -2.12. The quantitative estimate of drug-likeness (QED) is 0.749. The maximum absolute atomic E-state index is 13.3. The van der Waals surface area contributed by atoms with E-state index in [0.717, 1.165) is 19.2 Å². The third kappa shape index (κ3) is 2.22. The number of aliphatic hydroxyl groups excluding tert-OH is 1. The van der Waals surface area contributed by atoms with Gasteiger partial charge in [-0.3, -0.25) is 0 Å². The molecule has 0 aliphatic carbocycles. The molecular formula is C10H11FO5. The van der Waals surface area contributed by atoms with Crippen molar-refractivity contribution in [3.63, 3.8) is 0 Å². The molecule has 6 heteroatoms. The minimum atomic E-state index is -1.75. The van der Waals surface area contributed by atoms with Crippen LogP contribution < -0.4 is 4.74 Å². The van der Waals surface area contributed by atoms with E-state index in [9.17, 15) is 19.4 Å². The van der Waals surface area contributed by atoms with Crippen molar-refractivity contribution in [1.29, 1.82) is 0 Å². The van der Waals surface area contributed by atoms with Crippen molar-refractivity contribution in [2.75, 3.05) is 14.2 Å². The van der Waals surface area contributed by atoms with Gasteiger partial charge >= 0.3 is 5.97 Å². The number of carbonyl (C=O) groups is 1. The Morgan fingerprint density at radius 1 is 1.44 bits per heavy atom. The van der Waals surface area contributed by atoms with Gasteiger partial charge in [-0.2, -0.15) is 0 Å². The second-order valence-electron chi connectivity index (χ2n) is 2.97. The lowest BCUT2D eigenvalue weighted by molar-refractivity contribution is -0.150. The fourth-order valence-corrected chi connectivity index (χ4v) is 1.17. The van der Waals surface area contributed by atoms with Crippen LogP contribution in [0.15, 0.2) is 12.1 Å². The van der Waals surface area contributed by atoms with Gasteiger partial charge in [-0.05, 0) is 6.07 Å². The molecule has 0 saturated carbocycles. The molecule has 1 aromatic carbocycles. The molecule has 1 unspecified atom stereocenters. The molecular weight excluding hydrogens is 219 g/mol. The van der Waals surface area contributed by atoms with E-state index < -0.39 is 23.6 Å². The number of halogens is 1. The SMILES string of the molecule is COC(=O)C(O)c1cc(OC)c(O)cc1F. The van der Waals surface area contributed by atoms with Gasteiger partial charge in [-0.1, -0.05) is 0 Å². The Hall–Kier alpha value is -1.82. The van der Waals surface area contributed by atoms with Crippen molar-refractivity contribution < 1.29 is 28.9 Å². The number of methoxy groups -OCH3 is 2. The molecule has 0 fully saturated rings. The van der Waals surface area contributed by atoms with Gasteiger partial charge in [0, 0.05) is 11.6 Å². The number of phenols is 1. The van der Waals surface area contributed by atoms with E-state index in [1.807, 2.05) is 0 Å². The van der Waals surface area contributed by atoms with Gasteiger partial charge in [-0.15, -0.1) is 0 Å². The Labute approximate surface area is 91.0 Å². The molecule has 0 aromatic heterocycles. The molecule has 0 saturated heterocycles. The standard InChI is InChI=1S/C10H11FO5/c1-15-8-3-5(6(11)4-7(8)12)9(13)10(14)16-2/h3-4,9,12-13H,1-2H3. The molecule has 0 aliphatic rings. The van der Waals surface area contributed by atoms with E-state index in [0.29, 0.717) is 0 Å². The van der Waals surface area contributed by atoms with Gasteiger partial charge in [-0.25, -0.2) is 9.18 Å². The lowest BCUT2D eigenvalue weighted by atomic mass is 10.1. The topological polar surface area (TPSA) is 76.0 Å². The second kappa shape index (κ2) is 4.80. The molecule has 5 nitrogen and oxygen atoms in total. The lowest BCUT2D eigenvalue weighted by Crippen LogP contribution is -2.15. The fourth-order valence-electron chi connectivity index (χ4n) is 1.17. The Morgan fingerprint density at radius 2 is 2.06 bits per heavy atom. The summed E-state index contributed by atoms with van der Waals surface area (Å²) in [5, 5.41) is 18.7.